The molecule has 4 nitrogen and oxygen atoms in total. The number of hydrogen-bond donors (Lipinski definition) is 1. The summed E-state index contributed by atoms with van der Waals surface area (Å²) in [5.41, 5.74) is 6.98. The van der Waals surface area contributed by atoms with Crippen LogP contribution in [-0.4, -0.2) is 16.4 Å². The molecule has 0 aliphatic carbocycles. The third-order valence-electron chi connectivity index (χ3n) is 2.79. The van der Waals surface area contributed by atoms with Gasteiger partial charge in [0.2, 0.25) is 0 Å². The van der Waals surface area contributed by atoms with Crippen LogP contribution in [0.3, 0.4) is 0 Å². The lowest BCUT2D eigenvalue weighted by atomic mass is 10.2. The second kappa shape index (κ2) is 6.59. The van der Waals surface area contributed by atoms with Gasteiger partial charge in [0.25, 0.3) is 0 Å². The number of benzene rings is 1. The second-order valence-electron chi connectivity index (χ2n) is 4.33. The summed E-state index contributed by atoms with van der Waals surface area (Å²) in [6, 6.07) is 9.31. The zero-order valence-electron chi connectivity index (χ0n) is 10.9. The Balaban J connectivity index is 2.03. The van der Waals surface area contributed by atoms with Crippen molar-refractivity contribution < 1.29 is 4.74 Å². The fraction of sp³-hybridized carbons (Fsp3) is 0.357. The molecule has 2 aromatic rings. The Morgan fingerprint density at radius 3 is 2.79 bits per heavy atom. The maximum Gasteiger partial charge on any atom is 0.119 e. The third kappa shape index (κ3) is 3.49. The van der Waals surface area contributed by atoms with Crippen LogP contribution in [0.15, 0.2) is 36.5 Å². The predicted molar refractivity (Wildman–Crippen MR) is 76.4 cm³/mol. The van der Waals surface area contributed by atoms with Gasteiger partial charge in [0, 0.05) is 6.54 Å². The fourth-order valence-corrected chi connectivity index (χ4v) is 2.19. The van der Waals surface area contributed by atoms with Crippen molar-refractivity contribution >= 4 is 11.6 Å². The molecule has 1 heterocycles. The van der Waals surface area contributed by atoms with Crippen molar-refractivity contribution in [2.45, 2.75) is 25.9 Å². The molecule has 2 rings (SSSR count). The van der Waals surface area contributed by atoms with E-state index in [0.29, 0.717) is 11.6 Å². The van der Waals surface area contributed by atoms with Crippen LogP contribution < -0.4 is 10.5 Å². The summed E-state index contributed by atoms with van der Waals surface area (Å²) in [5, 5.41) is 4.83. The van der Waals surface area contributed by atoms with Gasteiger partial charge in [-0.1, -0.05) is 36.7 Å². The van der Waals surface area contributed by atoms with Gasteiger partial charge in [-0.05, 0) is 18.6 Å². The van der Waals surface area contributed by atoms with E-state index in [-0.39, 0.29) is 6.04 Å². The maximum atomic E-state index is 6.15. The van der Waals surface area contributed by atoms with Gasteiger partial charge in [-0.25, -0.2) is 0 Å². The van der Waals surface area contributed by atoms with E-state index in [1.165, 1.54) is 0 Å². The van der Waals surface area contributed by atoms with E-state index in [1.54, 1.807) is 6.20 Å². The molecule has 2 N–H and O–H groups in total. The van der Waals surface area contributed by atoms with Crippen LogP contribution in [0.25, 0.3) is 0 Å². The molecule has 5 heteroatoms. The van der Waals surface area contributed by atoms with Gasteiger partial charge in [0.05, 0.1) is 23.0 Å². The van der Waals surface area contributed by atoms with Crippen LogP contribution in [0.5, 0.6) is 5.75 Å². The molecular formula is C14H18ClN3O. The molecular weight excluding hydrogens is 262 g/mol. The highest BCUT2D eigenvalue weighted by Gasteiger charge is 2.17. The zero-order valence-corrected chi connectivity index (χ0v) is 11.7. The molecule has 1 aromatic carbocycles. The molecule has 1 unspecified atom stereocenters. The molecule has 102 valence electrons. The summed E-state index contributed by atoms with van der Waals surface area (Å²) >= 11 is 6.14. The van der Waals surface area contributed by atoms with Crippen molar-refractivity contribution in [3.63, 3.8) is 0 Å². The second-order valence-corrected chi connectivity index (χ2v) is 4.74. The highest BCUT2D eigenvalue weighted by molar-refractivity contribution is 6.31. The van der Waals surface area contributed by atoms with Crippen molar-refractivity contribution in [3.8, 4) is 5.75 Å². The number of para-hydroxylation sites is 1. The Bertz CT molecular complexity index is 513. The molecule has 0 amide bonds. The van der Waals surface area contributed by atoms with Crippen LogP contribution in [0, 0.1) is 0 Å². The smallest absolute Gasteiger partial charge is 0.119 e. The average Bonchev–Trinajstić information content (AvgIpc) is 2.79. The van der Waals surface area contributed by atoms with Crippen molar-refractivity contribution in [2.75, 3.05) is 6.61 Å². The number of nitrogens with zero attached hydrogens (tertiary/aromatic N) is 2. The van der Waals surface area contributed by atoms with Crippen molar-refractivity contribution in [3.05, 3.63) is 47.2 Å². The molecule has 0 aliphatic rings. The first-order chi connectivity index (χ1) is 9.22. The van der Waals surface area contributed by atoms with E-state index in [0.717, 1.165) is 24.4 Å². The lowest BCUT2D eigenvalue weighted by molar-refractivity contribution is 0.284. The van der Waals surface area contributed by atoms with Crippen molar-refractivity contribution in [2.24, 2.45) is 5.73 Å². The highest BCUT2D eigenvalue weighted by Crippen LogP contribution is 2.22. The number of aromatic nitrogens is 2. The minimum atomic E-state index is -0.290. The van der Waals surface area contributed by atoms with Gasteiger partial charge in [0.15, 0.2) is 0 Å². The molecule has 0 aliphatic heterocycles. The first-order valence-electron chi connectivity index (χ1n) is 6.37. The Morgan fingerprint density at radius 2 is 2.11 bits per heavy atom. The van der Waals surface area contributed by atoms with Crippen LogP contribution in [0.2, 0.25) is 5.02 Å². The maximum absolute atomic E-state index is 6.15. The molecule has 0 spiro atoms. The van der Waals surface area contributed by atoms with E-state index in [9.17, 15) is 0 Å². The number of aryl methyl sites for hydroxylation is 1. The van der Waals surface area contributed by atoms with Gasteiger partial charge in [-0.15, -0.1) is 0 Å². The van der Waals surface area contributed by atoms with E-state index < -0.39 is 0 Å². The average molecular weight is 280 g/mol. The summed E-state index contributed by atoms with van der Waals surface area (Å²) in [4.78, 5) is 0. The lowest BCUT2D eigenvalue weighted by Crippen LogP contribution is -2.23. The van der Waals surface area contributed by atoms with Gasteiger partial charge in [-0.3, -0.25) is 4.68 Å². The van der Waals surface area contributed by atoms with Crippen LogP contribution in [0.1, 0.15) is 25.1 Å². The largest absolute Gasteiger partial charge is 0.492 e. The number of halogens is 1. The summed E-state index contributed by atoms with van der Waals surface area (Å²) in [5.74, 6) is 0.802. The van der Waals surface area contributed by atoms with E-state index in [2.05, 4.69) is 12.0 Å². The standard InChI is InChI=1S/C14H18ClN3O/c1-2-8-18-14(12(15)9-17-18)13(16)10-19-11-6-4-3-5-7-11/h3-7,9,13H,2,8,10,16H2,1H3. The summed E-state index contributed by atoms with van der Waals surface area (Å²) in [6.45, 7) is 3.27. The van der Waals surface area contributed by atoms with E-state index >= 15 is 0 Å². The monoisotopic (exact) mass is 279 g/mol. The normalized spacial score (nSPS) is 12.4. The van der Waals surface area contributed by atoms with Gasteiger partial charge in [-0.2, -0.15) is 5.10 Å². The van der Waals surface area contributed by atoms with Gasteiger partial charge in [0.1, 0.15) is 12.4 Å². The first-order valence-corrected chi connectivity index (χ1v) is 6.74. The Labute approximate surface area is 118 Å². The van der Waals surface area contributed by atoms with Gasteiger partial charge >= 0.3 is 0 Å². The molecule has 1 aromatic heterocycles. The van der Waals surface area contributed by atoms with Crippen molar-refractivity contribution in [1.29, 1.82) is 0 Å². The topological polar surface area (TPSA) is 53.1 Å². The van der Waals surface area contributed by atoms with Crippen LogP contribution in [-0.2, 0) is 6.54 Å². The molecule has 19 heavy (non-hydrogen) atoms. The number of hydrogen-bond acceptors (Lipinski definition) is 3. The van der Waals surface area contributed by atoms with Crippen molar-refractivity contribution in [1.82, 2.24) is 9.78 Å². The Hall–Kier alpha value is -1.52. The number of rotatable bonds is 6. The van der Waals surface area contributed by atoms with E-state index in [4.69, 9.17) is 22.1 Å². The number of nitrogens with two attached hydrogens (primary N) is 1. The SMILES string of the molecule is CCCn1ncc(Cl)c1C(N)COc1ccccc1. The molecule has 1 atom stereocenters. The van der Waals surface area contributed by atoms with Crippen LogP contribution in [0.4, 0.5) is 0 Å². The molecule has 0 fully saturated rings. The molecule has 0 saturated heterocycles. The molecule has 0 radical (unpaired) electrons. The first kappa shape index (κ1) is 13.9. The summed E-state index contributed by atoms with van der Waals surface area (Å²) in [6.07, 6.45) is 2.62. The predicted octanol–water partition coefficient (Wildman–Crippen LogP) is 3.03. The summed E-state index contributed by atoms with van der Waals surface area (Å²) < 4.78 is 7.50. The molecule has 0 saturated carbocycles. The Kier molecular flexibility index (Phi) is 4.82. The fourth-order valence-electron chi connectivity index (χ4n) is 1.91. The lowest BCUT2D eigenvalue weighted by Gasteiger charge is -2.15. The highest BCUT2D eigenvalue weighted by atomic mass is 35.5. The summed E-state index contributed by atoms with van der Waals surface area (Å²) in [7, 11) is 0. The zero-order chi connectivity index (χ0) is 13.7. The Morgan fingerprint density at radius 1 is 1.37 bits per heavy atom. The molecule has 0 bridgehead atoms. The van der Waals surface area contributed by atoms with Crippen LogP contribution >= 0.6 is 11.6 Å². The third-order valence-corrected chi connectivity index (χ3v) is 3.08. The quantitative estimate of drug-likeness (QED) is 0.884. The minimum Gasteiger partial charge on any atom is -0.492 e. The number of ether oxygens (including phenoxy) is 1. The minimum absolute atomic E-state index is 0.290. The van der Waals surface area contributed by atoms with E-state index in [1.807, 2.05) is 35.0 Å². The van der Waals surface area contributed by atoms with Gasteiger partial charge < -0.3 is 10.5 Å².